The van der Waals surface area contributed by atoms with Crippen LogP contribution in [-0.4, -0.2) is 68.1 Å². The third-order valence-corrected chi connectivity index (χ3v) is 6.12. The molecule has 1 aromatic rings. The topological polar surface area (TPSA) is 59.1 Å². The number of aryl methyl sites for hydroxylation is 1. The molecule has 0 bridgehead atoms. The van der Waals surface area contributed by atoms with Gasteiger partial charge in [0.15, 0.2) is 6.61 Å². The smallest absolute Gasteiger partial charge is 0.260 e. The van der Waals surface area contributed by atoms with Gasteiger partial charge in [-0.25, -0.2) is 0 Å². The molecular formula is C21H30N2O4. The molecule has 0 aromatic heterocycles. The van der Waals surface area contributed by atoms with Crippen LogP contribution in [0.25, 0.3) is 0 Å². The largest absolute Gasteiger partial charge is 0.484 e. The number of nitrogens with zero attached hydrogens (tertiary/aromatic N) is 2. The maximum atomic E-state index is 12.5. The van der Waals surface area contributed by atoms with Crippen molar-refractivity contribution in [1.82, 2.24) is 9.80 Å². The van der Waals surface area contributed by atoms with Crippen molar-refractivity contribution in [3.05, 3.63) is 29.8 Å². The summed E-state index contributed by atoms with van der Waals surface area (Å²) in [5.74, 6) is 1.20. The summed E-state index contributed by atoms with van der Waals surface area (Å²) >= 11 is 0. The lowest BCUT2D eigenvalue weighted by atomic mass is 9.71. The van der Waals surface area contributed by atoms with E-state index in [4.69, 9.17) is 9.47 Å². The number of hydrogen-bond donors (Lipinski definition) is 0. The summed E-state index contributed by atoms with van der Waals surface area (Å²) in [5.41, 5.74) is 1.23. The van der Waals surface area contributed by atoms with E-state index in [0.717, 1.165) is 37.2 Å². The fourth-order valence-corrected chi connectivity index (χ4v) is 4.34. The number of hydrogen-bond acceptors (Lipinski definition) is 4. The first-order chi connectivity index (χ1) is 12.9. The van der Waals surface area contributed by atoms with Crippen LogP contribution in [0.1, 0.15) is 25.3 Å². The Hall–Kier alpha value is -2.08. The van der Waals surface area contributed by atoms with Crippen molar-refractivity contribution in [2.24, 2.45) is 11.3 Å². The monoisotopic (exact) mass is 374 g/mol. The Morgan fingerprint density at radius 3 is 2.41 bits per heavy atom. The van der Waals surface area contributed by atoms with Gasteiger partial charge in [0.05, 0.1) is 6.61 Å². The Morgan fingerprint density at radius 2 is 1.81 bits per heavy atom. The predicted molar refractivity (Wildman–Crippen MR) is 103 cm³/mol. The average Bonchev–Trinajstić information content (AvgIpc) is 3.00. The molecular weight excluding hydrogens is 344 g/mol. The molecule has 2 fully saturated rings. The molecule has 2 aliphatic heterocycles. The third kappa shape index (κ3) is 4.43. The molecule has 6 nitrogen and oxygen atoms in total. The van der Waals surface area contributed by atoms with Gasteiger partial charge in [-0.05, 0) is 37.3 Å². The van der Waals surface area contributed by atoms with Crippen LogP contribution < -0.4 is 4.74 Å². The second kappa shape index (κ2) is 8.30. The highest BCUT2D eigenvalue weighted by Gasteiger charge is 2.49. The first-order valence-corrected chi connectivity index (χ1v) is 9.65. The molecule has 2 aliphatic rings. The van der Waals surface area contributed by atoms with E-state index in [1.165, 1.54) is 0 Å². The van der Waals surface area contributed by atoms with Crippen molar-refractivity contribution in [3.63, 3.8) is 0 Å². The van der Waals surface area contributed by atoms with Gasteiger partial charge >= 0.3 is 0 Å². The number of likely N-dealkylation sites (tertiary alicyclic amines) is 2. The minimum atomic E-state index is 0.0233. The molecule has 6 heteroatoms. The summed E-state index contributed by atoms with van der Waals surface area (Å²) in [7, 11) is 1.71. The van der Waals surface area contributed by atoms with Gasteiger partial charge < -0.3 is 19.3 Å². The van der Waals surface area contributed by atoms with Crippen LogP contribution in [0, 0.1) is 18.3 Å². The molecule has 2 heterocycles. The summed E-state index contributed by atoms with van der Waals surface area (Å²) in [6, 6.07) is 7.72. The van der Waals surface area contributed by atoms with Gasteiger partial charge in [-0.1, -0.05) is 17.7 Å². The molecule has 2 saturated heterocycles. The molecule has 0 saturated carbocycles. The van der Waals surface area contributed by atoms with Crippen LogP contribution in [-0.2, 0) is 14.3 Å². The van der Waals surface area contributed by atoms with Crippen molar-refractivity contribution in [3.8, 4) is 5.75 Å². The zero-order valence-electron chi connectivity index (χ0n) is 16.6. The zero-order valence-corrected chi connectivity index (χ0v) is 16.6. The lowest BCUT2D eigenvalue weighted by Gasteiger charge is -2.42. The first kappa shape index (κ1) is 19.7. The average molecular weight is 374 g/mol. The molecule has 0 radical (unpaired) electrons. The molecule has 0 N–H and O–H groups in total. The third-order valence-electron chi connectivity index (χ3n) is 6.12. The molecule has 148 valence electrons. The highest BCUT2D eigenvalue weighted by Crippen LogP contribution is 2.44. The molecule has 27 heavy (non-hydrogen) atoms. The van der Waals surface area contributed by atoms with E-state index < -0.39 is 0 Å². The van der Waals surface area contributed by atoms with Gasteiger partial charge in [0, 0.05) is 46.1 Å². The van der Waals surface area contributed by atoms with E-state index in [1.807, 2.05) is 41.0 Å². The summed E-state index contributed by atoms with van der Waals surface area (Å²) < 4.78 is 11.1. The number of benzene rings is 1. The Bertz CT molecular complexity index is 665. The first-order valence-electron chi connectivity index (χ1n) is 9.65. The van der Waals surface area contributed by atoms with E-state index in [1.54, 1.807) is 14.0 Å². The van der Waals surface area contributed by atoms with Gasteiger partial charge in [-0.3, -0.25) is 9.59 Å². The second-order valence-corrected chi connectivity index (χ2v) is 7.90. The van der Waals surface area contributed by atoms with Gasteiger partial charge in [0.25, 0.3) is 5.91 Å². The summed E-state index contributed by atoms with van der Waals surface area (Å²) in [6.07, 6.45) is 1.81. The summed E-state index contributed by atoms with van der Waals surface area (Å²) in [5, 5.41) is 0. The normalized spacial score (nSPS) is 21.5. The van der Waals surface area contributed by atoms with Crippen LogP contribution in [0.5, 0.6) is 5.75 Å². The van der Waals surface area contributed by atoms with E-state index in [9.17, 15) is 9.59 Å². The van der Waals surface area contributed by atoms with Crippen LogP contribution >= 0.6 is 0 Å². The highest BCUT2D eigenvalue weighted by atomic mass is 16.5. The fourth-order valence-electron chi connectivity index (χ4n) is 4.34. The van der Waals surface area contributed by atoms with Gasteiger partial charge in [-0.15, -0.1) is 0 Å². The number of amides is 2. The number of carbonyl (C=O) groups excluding carboxylic acids is 2. The van der Waals surface area contributed by atoms with Gasteiger partial charge in [-0.2, -0.15) is 0 Å². The van der Waals surface area contributed by atoms with Crippen LogP contribution in [0.3, 0.4) is 0 Å². The second-order valence-electron chi connectivity index (χ2n) is 7.90. The van der Waals surface area contributed by atoms with Crippen LogP contribution in [0.4, 0.5) is 0 Å². The van der Waals surface area contributed by atoms with Crippen molar-refractivity contribution >= 4 is 11.8 Å². The number of piperidine rings is 1. The predicted octanol–water partition coefficient (Wildman–Crippen LogP) is 2.11. The van der Waals surface area contributed by atoms with Gasteiger partial charge in [0.1, 0.15) is 5.75 Å². The molecule has 1 aromatic carbocycles. The quantitative estimate of drug-likeness (QED) is 0.792. The molecule has 1 unspecified atom stereocenters. The van der Waals surface area contributed by atoms with Crippen LogP contribution in [0.2, 0.25) is 0 Å². The number of carbonyl (C=O) groups is 2. The molecule has 3 rings (SSSR count). The standard InChI is InChI=1S/C21H30N2O4/c1-16-4-6-19(7-5-16)27-14-20(25)22-10-8-21(9-11-22)15-23(17(2)24)12-18(21)13-26-3/h4-7,18H,8-15H2,1-3H3. The minimum Gasteiger partial charge on any atom is -0.484 e. The number of ether oxygens (including phenoxy) is 2. The molecule has 2 amide bonds. The number of methoxy groups -OCH3 is 1. The Kier molecular flexibility index (Phi) is 6.05. The van der Waals surface area contributed by atoms with Crippen LogP contribution in [0.15, 0.2) is 24.3 Å². The summed E-state index contributed by atoms with van der Waals surface area (Å²) in [4.78, 5) is 28.2. The minimum absolute atomic E-state index is 0.0233. The van der Waals surface area contributed by atoms with E-state index in [2.05, 4.69) is 0 Å². The van der Waals surface area contributed by atoms with Crippen molar-refractivity contribution in [2.45, 2.75) is 26.7 Å². The lowest BCUT2D eigenvalue weighted by molar-refractivity contribution is -0.136. The van der Waals surface area contributed by atoms with E-state index in [-0.39, 0.29) is 23.8 Å². The number of rotatable bonds is 5. The zero-order chi connectivity index (χ0) is 19.4. The van der Waals surface area contributed by atoms with E-state index in [0.29, 0.717) is 25.6 Å². The molecule has 1 atom stereocenters. The molecule has 1 spiro atoms. The van der Waals surface area contributed by atoms with Crippen molar-refractivity contribution < 1.29 is 19.1 Å². The Morgan fingerprint density at radius 1 is 1.15 bits per heavy atom. The SMILES string of the molecule is COCC1CN(C(C)=O)CC12CCN(C(=O)COc1ccc(C)cc1)CC2. The fraction of sp³-hybridized carbons (Fsp3) is 0.619. The Balaban J connectivity index is 1.54. The maximum absolute atomic E-state index is 12.5. The van der Waals surface area contributed by atoms with Crippen molar-refractivity contribution in [1.29, 1.82) is 0 Å². The summed E-state index contributed by atoms with van der Waals surface area (Å²) in [6.45, 7) is 7.33. The maximum Gasteiger partial charge on any atom is 0.260 e. The van der Waals surface area contributed by atoms with Gasteiger partial charge in [0.2, 0.25) is 5.91 Å². The Labute approximate surface area is 161 Å². The van der Waals surface area contributed by atoms with E-state index >= 15 is 0 Å². The lowest BCUT2D eigenvalue weighted by Crippen LogP contribution is -2.48. The molecule has 0 aliphatic carbocycles. The highest BCUT2D eigenvalue weighted by molar-refractivity contribution is 5.78. The van der Waals surface area contributed by atoms with Crippen molar-refractivity contribution in [2.75, 3.05) is 46.5 Å².